The third-order valence-corrected chi connectivity index (χ3v) is 5.17. The molecule has 0 radical (unpaired) electrons. The maximum atomic E-state index is 6.27. The normalized spacial score (nSPS) is 10.9. The van der Waals surface area contributed by atoms with Gasteiger partial charge in [-0.3, -0.25) is 0 Å². The lowest BCUT2D eigenvalue weighted by molar-refractivity contribution is 1.22. The van der Waals surface area contributed by atoms with Crippen molar-refractivity contribution in [3.05, 3.63) is 108 Å². The standard InChI is InChI=1S/C26H17ClN2/c27-26-28-24-14-8-7-13-23(24)25(29-26)22-16-20(18-9-3-1-4-10-18)15-21(17-22)19-11-5-2-6-12-19/h1-17H. The Balaban J connectivity index is 1.80. The van der Waals surface area contributed by atoms with Crippen LogP contribution in [-0.2, 0) is 0 Å². The van der Waals surface area contributed by atoms with Crippen LogP contribution in [0.1, 0.15) is 0 Å². The van der Waals surface area contributed by atoms with Gasteiger partial charge in [0.05, 0.1) is 11.2 Å². The van der Waals surface area contributed by atoms with E-state index in [1.807, 2.05) is 36.4 Å². The van der Waals surface area contributed by atoms with Crippen molar-refractivity contribution in [1.82, 2.24) is 9.97 Å². The summed E-state index contributed by atoms with van der Waals surface area (Å²) < 4.78 is 0. The summed E-state index contributed by atoms with van der Waals surface area (Å²) >= 11 is 6.27. The van der Waals surface area contributed by atoms with Crippen LogP contribution in [0.5, 0.6) is 0 Å². The monoisotopic (exact) mass is 392 g/mol. The fourth-order valence-corrected chi connectivity index (χ4v) is 3.80. The Kier molecular flexibility index (Phi) is 4.55. The van der Waals surface area contributed by atoms with Gasteiger partial charge in [0.2, 0.25) is 5.28 Å². The molecular formula is C26H17ClN2. The molecule has 0 saturated heterocycles. The first kappa shape index (κ1) is 17.6. The summed E-state index contributed by atoms with van der Waals surface area (Å²) in [5.74, 6) is 0. The smallest absolute Gasteiger partial charge is 0.218 e. The van der Waals surface area contributed by atoms with Crippen molar-refractivity contribution in [3.63, 3.8) is 0 Å². The Morgan fingerprint density at radius 2 is 1.00 bits per heavy atom. The number of nitrogens with zero attached hydrogens (tertiary/aromatic N) is 2. The van der Waals surface area contributed by atoms with Crippen molar-refractivity contribution in [2.75, 3.05) is 0 Å². The van der Waals surface area contributed by atoms with Crippen LogP contribution in [0.15, 0.2) is 103 Å². The fourth-order valence-electron chi connectivity index (χ4n) is 3.63. The number of benzene rings is 4. The van der Waals surface area contributed by atoms with Crippen molar-refractivity contribution < 1.29 is 0 Å². The van der Waals surface area contributed by atoms with Gasteiger partial charge in [-0.15, -0.1) is 0 Å². The van der Waals surface area contributed by atoms with E-state index in [1.165, 1.54) is 0 Å². The quantitative estimate of drug-likeness (QED) is 0.301. The topological polar surface area (TPSA) is 25.8 Å². The number of fused-ring (bicyclic) bond motifs is 1. The highest BCUT2D eigenvalue weighted by Gasteiger charge is 2.12. The molecule has 0 atom stereocenters. The van der Waals surface area contributed by atoms with E-state index in [9.17, 15) is 0 Å². The number of hydrogen-bond acceptors (Lipinski definition) is 2. The minimum Gasteiger partial charge on any atom is -0.218 e. The Morgan fingerprint density at radius 3 is 1.62 bits per heavy atom. The summed E-state index contributed by atoms with van der Waals surface area (Å²) in [6.45, 7) is 0. The van der Waals surface area contributed by atoms with Gasteiger partial charge in [-0.2, -0.15) is 0 Å². The lowest BCUT2D eigenvalue weighted by Gasteiger charge is -2.12. The Hall–Kier alpha value is -3.49. The van der Waals surface area contributed by atoms with Gasteiger partial charge in [-0.1, -0.05) is 78.9 Å². The van der Waals surface area contributed by atoms with E-state index in [0.717, 1.165) is 44.4 Å². The first-order chi connectivity index (χ1) is 14.3. The van der Waals surface area contributed by atoms with E-state index in [4.69, 9.17) is 11.6 Å². The SMILES string of the molecule is Clc1nc(-c2cc(-c3ccccc3)cc(-c3ccccc3)c2)c2ccccc2n1. The van der Waals surface area contributed by atoms with Crippen LogP contribution in [0.25, 0.3) is 44.4 Å². The third kappa shape index (κ3) is 3.51. The molecule has 138 valence electrons. The summed E-state index contributed by atoms with van der Waals surface area (Å²) in [6.07, 6.45) is 0. The average molecular weight is 393 g/mol. The van der Waals surface area contributed by atoms with Crippen LogP contribution in [-0.4, -0.2) is 9.97 Å². The first-order valence-electron chi connectivity index (χ1n) is 9.46. The van der Waals surface area contributed by atoms with Crippen molar-refractivity contribution in [1.29, 1.82) is 0 Å². The Bertz CT molecular complexity index is 1240. The first-order valence-corrected chi connectivity index (χ1v) is 9.84. The van der Waals surface area contributed by atoms with Gasteiger partial charge < -0.3 is 0 Å². The zero-order valence-electron chi connectivity index (χ0n) is 15.6. The molecule has 5 rings (SSSR count). The fraction of sp³-hybridized carbons (Fsp3) is 0. The van der Waals surface area contributed by atoms with Crippen LogP contribution in [0, 0.1) is 0 Å². The molecule has 0 amide bonds. The predicted molar refractivity (Wildman–Crippen MR) is 121 cm³/mol. The summed E-state index contributed by atoms with van der Waals surface area (Å²) in [4.78, 5) is 8.97. The van der Waals surface area contributed by atoms with Gasteiger partial charge in [-0.05, 0) is 58.1 Å². The molecule has 5 aromatic rings. The van der Waals surface area contributed by atoms with E-state index in [0.29, 0.717) is 0 Å². The molecule has 1 heterocycles. The molecule has 0 spiro atoms. The minimum absolute atomic E-state index is 0.255. The van der Waals surface area contributed by atoms with Crippen molar-refractivity contribution >= 4 is 22.5 Å². The largest absolute Gasteiger partial charge is 0.223 e. The van der Waals surface area contributed by atoms with Gasteiger partial charge in [-0.25, -0.2) is 9.97 Å². The molecule has 0 unspecified atom stereocenters. The van der Waals surface area contributed by atoms with Crippen molar-refractivity contribution in [2.45, 2.75) is 0 Å². The highest BCUT2D eigenvalue weighted by molar-refractivity contribution is 6.28. The average Bonchev–Trinajstić information content (AvgIpc) is 2.79. The van der Waals surface area contributed by atoms with Crippen LogP contribution in [0.3, 0.4) is 0 Å². The second kappa shape index (κ2) is 7.50. The summed E-state index contributed by atoms with van der Waals surface area (Å²) in [5, 5.41) is 1.24. The molecule has 0 saturated carbocycles. The zero-order valence-corrected chi connectivity index (χ0v) is 16.3. The van der Waals surface area contributed by atoms with E-state index < -0.39 is 0 Å². The van der Waals surface area contributed by atoms with E-state index in [-0.39, 0.29) is 5.28 Å². The molecule has 29 heavy (non-hydrogen) atoms. The van der Waals surface area contributed by atoms with Crippen LogP contribution >= 0.6 is 11.6 Å². The number of halogens is 1. The Labute approximate surface area is 174 Å². The maximum absolute atomic E-state index is 6.27. The van der Waals surface area contributed by atoms with Gasteiger partial charge >= 0.3 is 0 Å². The van der Waals surface area contributed by atoms with Gasteiger partial charge in [0, 0.05) is 10.9 Å². The molecule has 0 fully saturated rings. The summed E-state index contributed by atoms with van der Waals surface area (Å²) in [6, 6.07) is 35.3. The van der Waals surface area contributed by atoms with Crippen LogP contribution in [0.4, 0.5) is 0 Å². The molecule has 0 aliphatic heterocycles. The number of aromatic nitrogens is 2. The minimum atomic E-state index is 0.255. The summed E-state index contributed by atoms with van der Waals surface area (Å²) in [7, 11) is 0. The van der Waals surface area contributed by atoms with Crippen molar-refractivity contribution in [2.24, 2.45) is 0 Å². The highest BCUT2D eigenvalue weighted by atomic mass is 35.5. The maximum Gasteiger partial charge on any atom is 0.223 e. The number of para-hydroxylation sites is 1. The molecule has 4 aromatic carbocycles. The molecule has 0 aliphatic carbocycles. The van der Waals surface area contributed by atoms with Crippen LogP contribution in [0.2, 0.25) is 5.28 Å². The number of hydrogen-bond donors (Lipinski definition) is 0. The van der Waals surface area contributed by atoms with E-state index in [1.54, 1.807) is 0 Å². The van der Waals surface area contributed by atoms with E-state index in [2.05, 4.69) is 76.7 Å². The molecule has 0 N–H and O–H groups in total. The van der Waals surface area contributed by atoms with Gasteiger partial charge in [0.15, 0.2) is 0 Å². The molecular weight excluding hydrogens is 376 g/mol. The highest BCUT2D eigenvalue weighted by Crippen LogP contribution is 2.35. The van der Waals surface area contributed by atoms with Crippen molar-refractivity contribution in [3.8, 4) is 33.5 Å². The lowest BCUT2D eigenvalue weighted by atomic mass is 9.94. The molecule has 0 bridgehead atoms. The third-order valence-electron chi connectivity index (χ3n) is 5.00. The molecule has 3 heteroatoms. The lowest BCUT2D eigenvalue weighted by Crippen LogP contribution is -1.93. The molecule has 1 aromatic heterocycles. The Morgan fingerprint density at radius 1 is 0.483 bits per heavy atom. The predicted octanol–water partition coefficient (Wildman–Crippen LogP) is 7.28. The second-order valence-corrected chi connectivity index (χ2v) is 7.23. The van der Waals surface area contributed by atoms with Crippen LogP contribution < -0.4 is 0 Å². The summed E-state index contributed by atoms with van der Waals surface area (Å²) in [5.41, 5.74) is 7.31. The second-order valence-electron chi connectivity index (χ2n) is 6.89. The number of rotatable bonds is 3. The van der Waals surface area contributed by atoms with Gasteiger partial charge in [0.1, 0.15) is 0 Å². The molecule has 2 nitrogen and oxygen atoms in total. The molecule has 0 aliphatic rings. The van der Waals surface area contributed by atoms with E-state index >= 15 is 0 Å². The zero-order chi connectivity index (χ0) is 19.6. The van der Waals surface area contributed by atoms with Gasteiger partial charge in [0.25, 0.3) is 0 Å².